The van der Waals surface area contributed by atoms with E-state index in [1.807, 2.05) is 0 Å². The molecule has 17 heavy (non-hydrogen) atoms. The molecule has 1 N–H and O–H groups in total. The molecular weight excluding hydrogens is 268 g/mol. The Hall–Kier alpha value is -1.27. The predicted octanol–water partition coefficient (Wildman–Crippen LogP) is 1.39. The number of carboxylic acid groups (broad SMARTS) is 1. The maximum Gasteiger partial charge on any atom is 0.307 e. The lowest BCUT2D eigenvalue weighted by Crippen LogP contribution is -2.17. The van der Waals surface area contributed by atoms with E-state index in [9.17, 15) is 13.2 Å². The van der Waals surface area contributed by atoms with Crippen LogP contribution >= 0.6 is 10.7 Å². The summed E-state index contributed by atoms with van der Waals surface area (Å²) in [6.45, 7) is 0. The number of carbonyl (C=O) groups is 1. The molecule has 1 aliphatic heterocycles. The Labute approximate surface area is 102 Å². The lowest BCUT2D eigenvalue weighted by Gasteiger charge is -2.06. The summed E-state index contributed by atoms with van der Waals surface area (Å²) in [5.74, 6) is -0.437. The summed E-state index contributed by atoms with van der Waals surface area (Å²) in [6, 6.07) is 4.25. The van der Waals surface area contributed by atoms with Crippen molar-refractivity contribution in [2.24, 2.45) is 0 Å². The van der Waals surface area contributed by atoms with Crippen LogP contribution in [0.3, 0.4) is 0 Å². The topological polar surface area (TPSA) is 80.7 Å². The van der Waals surface area contributed by atoms with Gasteiger partial charge in [-0.3, -0.25) is 4.79 Å². The molecule has 92 valence electrons. The second-order valence-corrected chi connectivity index (χ2v) is 6.32. The summed E-state index contributed by atoms with van der Waals surface area (Å²) in [4.78, 5) is 10.5. The standard InChI is InChI=1S/C10H9ClO5S/c11-17(14,15)8-1-2-9-6(4-8)3-7(16-9)5-10(12)13/h1-2,4,7H,3,5H2,(H,12,13). The summed E-state index contributed by atoms with van der Waals surface area (Å²) in [7, 11) is 1.45. The van der Waals surface area contributed by atoms with Crippen molar-refractivity contribution in [3.63, 3.8) is 0 Å². The molecule has 0 spiro atoms. The van der Waals surface area contributed by atoms with Gasteiger partial charge in [0.1, 0.15) is 11.9 Å². The number of ether oxygens (including phenoxy) is 1. The largest absolute Gasteiger partial charge is 0.489 e. The fourth-order valence-corrected chi connectivity index (χ4v) is 2.56. The molecule has 5 nitrogen and oxygen atoms in total. The van der Waals surface area contributed by atoms with E-state index in [1.54, 1.807) is 0 Å². The van der Waals surface area contributed by atoms with Gasteiger partial charge in [-0.05, 0) is 23.8 Å². The Kier molecular flexibility index (Phi) is 3.01. The molecule has 0 fully saturated rings. The highest BCUT2D eigenvalue weighted by Gasteiger charge is 2.26. The van der Waals surface area contributed by atoms with Gasteiger partial charge in [0, 0.05) is 17.1 Å². The van der Waals surface area contributed by atoms with Gasteiger partial charge < -0.3 is 9.84 Å². The number of hydrogen-bond donors (Lipinski definition) is 1. The van der Waals surface area contributed by atoms with Crippen molar-refractivity contribution in [2.45, 2.75) is 23.8 Å². The minimum Gasteiger partial charge on any atom is -0.489 e. The van der Waals surface area contributed by atoms with Gasteiger partial charge in [0.05, 0.1) is 11.3 Å². The fourth-order valence-electron chi connectivity index (χ4n) is 1.76. The molecule has 1 atom stereocenters. The van der Waals surface area contributed by atoms with Crippen LogP contribution in [0.25, 0.3) is 0 Å². The van der Waals surface area contributed by atoms with Crippen molar-refractivity contribution >= 4 is 25.7 Å². The smallest absolute Gasteiger partial charge is 0.307 e. The monoisotopic (exact) mass is 276 g/mol. The molecule has 1 aromatic rings. The van der Waals surface area contributed by atoms with Gasteiger partial charge in [-0.15, -0.1) is 0 Å². The number of carboxylic acids is 1. The SMILES string of the molecule is O=C(O)CC1Cc2cc(S(=O)(=O)Cl)ccc2O1. The second kappa shape index (κ2) is 4.19. The molecule has 2 rings (SSSR count). The highest BCUT2D eigenvalue weighted by molar-refractivity contribution is 8.13. The van der Waals surface area contributed by atoms with Crippen LogP contribution in [0.2, 0.25) is 0 Å². The van der Waals surface area contributed by atoms with Crippen LogP contribution in [-0.4, -0.2) is 25.6 Å². The quantitative estimate of drug-likeness (QED) is 0.844. The predicted molar refractivity (Wildman–Crippen MR) is 59.9 cm³/mol. The van der Waals surface area contributed by atoms with E-state index < -0.39 is 21.1 Å². The maximum absolute atomic E-state index is 11.1. The molecular formula is C10H9ClO5S. The lowest BCUT2D eigenvalue weighted by atomic mass is 10.1. The summed E-state index contributed by atoms with van der Waals surface area (Å²) in [5, 5.41) is 8.64. The van der Waals surface area contributed by atoms with Crippen LogP contribution in [0.1, 0.15) is 12.0 Å². The van der Waals surface area contributed by atoms with Crippen molar-refractivity contribution < 1.29 is 23.1 Å². The molecule has 0 bridgehead atoms. The number of rotatable bonds is 3. The Morgan fingerprint density at radius 1 is 1.53 bits per heavy atom. The van der Waals surface area contributed by atoms with Crippen LogP contribution < -0.4 is 4.74 Å². The van der Waals surface area contributed by atoms with Crippen molar-refractivity contribution in [3.8, 4) is 5.75 Å². The minimum absolute atomic E-state index is 0.00232. The molecule has 1 aliphatic rings. The first kappa shape index (κ1) is 12.2. The van der Waals surface area contributed by atoms with Crippen LogP contribution in [0, 0.1) is 0 Å². The van der Waals surface area contributed by atoms with Gasteiger partial charge in [0.15, 0.2) is 0 Å². The molecule has 0 aromatic heterocycles. The van der Waals surface area contributed by atoms with E-state index in [2.05, 4.69) is 0 Å². The molecule has 0 saturated carbocycles. The van der Waals surface area contributed by atoms with E-state index in [4.69, 9.17) is 20.5 Å². The van der Waals surface area contributed by atoms with Crippen LogP contribution in [0.15, 0.2) is 23.1 Å². The van der Waals surface area contributed by atoms with E-state index in [0.29, 0.717) is 17.7 Å². The van der Waals surface area contributed by atoms with Crippen molar-refractivity contribution in [3.05, 3.63) is 23.8 Å². The first-order chi connectivity index (χ1) is 7.86. The molecule has 7 heteroatoms. The van der Waals surface area contributed by atoms with Crippen LogP contribution in [0.5, 0.6) is 5.75 Å². The van der Waals surface area contributed by atoms with Crippen LogP contribution in [-0.2, 0) is 20.3 Å². The van der Waals surface area contributed by atoms with Gasteiger partial charge in [-0.25, -0.2) is 8.42 Å². The van der Waals surface area contributed by atoms with Gasteiger partial charge in [0.2, 0.25) is 0 Å². The summed E-state index contributed by atoms with van der Waals surface area (Å²) < 4.78 is 27.6. The van der Waals surface area contributed by atoms with Gasteiger partial charge in [0.25, 0.3) is 9.05 Å². The van der Waals surface area contributed by atoms with Crippen molar-refractivity contribution in [2.75, 3.05) is 0 Å². The zero-order valence-electron chi connectivity index (χ0n) is 8.59. The second-order valence-electron chi connectivity index (χ2n) is 3.75. The molecule has 0 saturated heterocycles. The Morgan fingerprint density at radius 2 is 2.24 bits per heavy atom. The first-order valence-corrected chi connectivity index (χ1v) is 7.13. The molecule has 0 amide bonds. The summed E-state index contributed by atoms with van der Waals surface area (Å²) in [5.41, 5.74) is 0.665. The Bertz CT molecular complexity index is 566. The average molecular weight is 277 g/mol. The normalized spacial score (nSPS) is 18.5. The van der Waals surface area contributed by atoms with Crippen LogP contribution in [0.4, 0.5) is 0 Å². The average Bonchev–Trinajstić information content (AvgIpc) is 2.55. The molecule has 1 aromatic carbocycles. The van der Waals surface area contributed by atoms with E-state index in [0.717, 1.165) is 0 Å². The third kappa shape index (κ3) is 2.70. The third-order valence-electron chi connectivity index (χ3n) is 2.46. The Morgan fingerprint density at radius 3 is 2.82 bits per heavy atom. The summed E-state index contributed by atoms with van der Waals surface area (Å²) >= 11 is 0. The highest BCUT2D eigenvalue weighted by atomic mass is 35.7. The number of benzene rings is 1. The van der Waals surface area contributed by atoms with Gasteiger partial charge >= 0.3 is 5.97 Å². The van der Waals surface area contributed by atoms with Gasteiger partial charge in [-0.2, -0.15) is 0 Å². The number of halogens is 1. The highest BCUT2D eigenvalue weighted by Crippen LogP contribution is 2.32. The summed E-state index contributed by atoms with van der Waals surface area (Å²) in [6.07, 6.45) is -0.185. The zero-order chi connectivity index (χ0) is 12.6. The van der Waals surface area contributed by atoms with Gasteiger partial charge in [-0.1, -0.05) is 0 Å². The lowest BCUT2D eigenvalue weighted by molar-refractivity contribution is -0.138. The third-order valence-corrected chi connectivity index (χ3v) is 3.81. The number of aliphatic carboxylic acids is 1. The number of hydrogen-bond acceptors (Lipinski definition) is 4. The van der Waals surface area contributed by atoms with Crippen molar-refractivity contribution in [1.82, 2.24) is 0 Å². The maximum atomic E-state index is 11.1. The van der Waals surface area contributed by atoms with E-state index >= 15 is 0 Å². The molecule has 0 radical (unpaired) electrons. The zero-order valence-corrected chi connectivity index (χ0v) is 10.2. The van der Waals surface area contributed by atoms with E-state index in [1.165, 1.54) is 18.2 Å². The molecule has 1 unspecified atom stereocenters. The van der Waals surface area contributed by atoms with Crippen molar-refractivity contribution in [1.29, 1.82) is 0 Å². The Balaban J connectivity index is 2.25. The van der Waals surface area contributed by atoms with E-state index in [-0.39, 0.29) is 11.3 Å². The molecule has 0 aliphatic carbocycles. The minimum atomic E-state index is -3.76. The number of fused-ring (bicyclic) bond motifs is 1. The fraction of sp³-hybridized carbons (Fsp3) is 0.300. The first-order valence-electron chi connectivity index (χ1n) is 4.82. The molecule has 1 heterocycles.